The van der Waals surface area contributed by atoms with Crippen molar-refractivity contribution in [1.29, 1.82) is 0 Å². The van der Waals surface area contributed by atoms with Crippen molar-refractivity contribution >= 4 is 44.8 Å². The molecule has 0 saturated carbocycles. The number of carbonyl (C=O) groups is 1. The van der Waals surface area contributed by atoms with Crippen LogP contribution in [0.25, 0.3) is 0 Å². The first-order valence-electron chi connectivity index (χ1n) is 9.54. The molecule has 0 spiro atoms. The summed E-state index contributed by atoms with van der Waals surface area (Å²) in [6.45, 7) is 6.64. The number of anilines is 1. The van der Waals surface area contributed by atoms with E-state index in [9.17, 15) is 13.2 Å². The van der Waals surface area contributed by atoms with Gasteiger partial charge < -0.3 is 9.84 Å². The van der Waals surface area contributed by atoms with Crippen LogP contribution in [-0.2, 0) is 14.8 Å². The van der Waals surface area contributed by atoms with Gasteiger partial charge in [-0.25, -0.2) is 8.42 Å². The smallest absolute Gasteiger partial charge is 0.248 e. The largest absolute Gasteiger partial charge is 0.360 e. The number of carbonyl (C=O) groups excluding carboxylic acids is 1. The van der Waals surface area contributed by atoms with Gasteiger partial charge in [0.2, 0.25) is 15.9 Å². The van der Waals surface area contributed by atoms with Crippen molar-refractivity contribution in [3.63, 3.8) is 0 Å². The molecule has 1 N–H and O–H groups in total. The zero-order chi connectivity index (χ0) is 22.1. The van der Waals surface area contributed by atoms with Crippen molar-refractivity contribution in [1.82, 2.24) is 14.4 Å². The lowest BCUT2D eigenvalue weighted by Gasteiger charge is -2.27. The fourth-order valence-corrected chi connectivity index (χ4v) is 5.72. The van der Waals surface area contributed by atoms with Crippen LogP contribution in [0, 0.1) is 13.8 Å². The predicted molar refractivity (Wildman–Crippen MR) is 115 cm³/mol. The Bertz CT molecular complexity index is 1020. The van der Waals surface area contributed by atoms with Crippen molar-refractivity contribution in [3.05, 3.63) is 39.7 Å². The van der Waals surface area contributed by atoms with E-state index < -0.39 is 16.1 Å². The molecule has 2 heterocycles. The number of aromatic nitrogens is 1. The van der Waals surface area contributed by atoms with Crippen LogP contribution in [0.1, 0.15) is 24.8 Å². The van der Waals surface area contributed by atoms with Crippen molar-refractivity contribution in [2.45, 2.75) is 38.1 Å². The van der Waals surface area contributed by atoms with E-state index >= 15 is 0 Å². The van der Waals surface area contributed by atoms with Crippen LogP contribution in [0.15, 0.2) is 27.6 Å². The Balaban J connectivity index is 1.67. The Morgan fingerprint density at radius 3 is 2.57 bits per heavy atom. The highest BCUT2D eigenvalue weighted by molar-refractivity contribution is 7.89. The van der Waals surface area contributed by atoms with Gasteiger partial charge in [-0.15, -0.1) is 0 Å². The van der Waals surface area contributed by atoms with E-state index in [4.69, 9.17) is 27.7 Å². The van der Waals surface area contributed by atoms with E-state index in [0.29, 0.717) is 47.5 Å². The van der Waals surface area contributed by atoms with Crippen LogP contribution >= 0.6 is 23.2 Å². The van der Waals surface area contributed by atoms with Gasteiger partial charge in [-0.2, -0.15) is 4.31 Å². The summed E-state index contributed by atoms with van der Waals surface area (Å²) in [4.78, 5) is 14.8. The number of amides is 1. The molecule has 30 heavy (non-hydrogen) atoms. The second kappa shape index (κ2) is 9.23. The first-order chi connectivity index (χ1) is 14.1. The molecular formula is C19H24Cl2N4O4S. The van der Waals surface area contributed by atoms with Gasteiger partial charge in [0.15, 0.2) is 5.76 Å². The molecule has 1 aliphatic heterocycles. The van der Waals surface area contributed by atoms with Gasteiger partial charge in [0.1, 0.15) is 10.6 Å². The number of aryl methyl sites for hydroxylation is 2. The van der Waals surface area contributed by atoms with Gasteiger partial charge in [-0.1, -0.05) is 28.4 Å². The summed E-state index contributed by atoms with van der Waals surface area (Å²) in [6, 6.07) is 4.40. The fourth-order valence-electron chi connectivity index (χ4n) is 3.51. The highest BCUT2D eigenvalue weighted by atomic mass is 35.5. The summed E-state index contributed by atoms with van der Waals surface area (Å²) in [6.07, 6.45) is 0.599. The van der Waals surface area contributed by atoms with Crippen molar-refractivity contribution in [2.24, 2.45) is 0 Å². The number of halogens is 2. The number of hydrogen-bond acceptors (Lipinski definition) is 6. The number of nitrogens with one attached hydrogen (secondary N) is 1. The first-order valence-corrected chi connectivity index (χ1v) is 11.7. The third kappa shape index (κ3) is 4.81. The third-order valence-electron chi connectivity index (χ3n) is 5.17. The van der Waals surface area contributed by atoms with E-state index in [1.807, 2.05) is 4.90 Å². The highest BCUT2D eigenvalue weighted by Gasteiger charge is 2.33. The summed E-state index contributed by atoms with van der Waals surface area (Å²) in [5, 5.41) is 7.41. The third-order valence-corrected chi connectivity index (χ3v) is 7.86. The van der Waals surface area contributed by atoms with Crippen LogP contribution in [0.3, 0.4) is 0 Å². The predicted octanol–water partition coefficient (Wildman–Crippen LogP) is 3.32. The first kappa shape index (κ1) is 23.0. The maximum atomic E-state index is 13.1. The molecule has 0 radical (unpaired) electrons. The van der Waals surface area contributed by atoms with Crippen molar-refractivity contribution in [3.8, 4) is 0 Å². The lowest BCUT2D eigenvalue weighted by molar-refractivity contribution is -0.120. The minimum absolute atomic E-state index is 0.124. The Hall–Kier alpha value is -1.65. The second-order valence-electron chi connectivity index (χ2n) is 7.24. The second-order valence-corrected chi connectivity index (χ2v) is 9.95. The van der Waals surface area contributed by atoms with Crippen LogP contribution in [0.2, 0.25) is 10.0 Å². The minimum Gasteiger partial charge on any atom is -0.360 e. The summed E-state index contributed by atoms with van der Waals surface area (Å²) in [5.41, 5.74) is 0.830. The average Bonchev–Trinajstić information content (AvgIpc) is 2.88. The molecule has 164 valence electrons. The number of hydrogen-bond donors (Lipinski definition) is 1. The molecule has 0 aliphatic carbocycles. The van der Waals surface area contributed by atoms with Crippen LogP contribution in [0.4, 0.5) is 5.69 Å². The quantitative estimate of drug-likeness (QED) is 0.713. The number of benzene rings is 1. The maximum Gasteiger partial charge on any atom is 0.248 e. The Morgan fingerprint density at radius 1 is 1.20 bits per heavy atom. The van der Waals surface area contributed by atoms with E-state index in [2.05, 4.69) is 10.5 Å². The molecule has 1 saturated heterocycles. The maximum absolute atomic E-state index is 13.1. The SMILES string of the molecule is Cc1noc(C)c1S(=O)(=O)N1CCCN([C@H](C)C(=O)Nc2ccc(Cl)cc2Cl)CC1. The zero-order valence-electron chi connectivity index (χ0n) is 17.0. The van der Waals surface area contributed by atoms with Gasteiger partial charge in [0.05, 0.1) is 16.8 Å². The fraction of sp³-hybridized carbons (Fsp3) is 0.474. The minimum atomic E-state index is -3.71. The molecule has 1 atom stereocenters. The summed E-state index contributed by atoms with van der Waals surface area (Å²) in [7, 11) is -3.71. The Labute approximate surface area is 186 Å². The van der Waals surface area contributed by atoms with Crippen molar-refractivity contribution in [2.75, 3.05) is 31.5 Å². The molecule has 11 heteroatoms. The molecule has 0 bridgehead atoms. The van der Waals surface area contributed by atoms with Crippen LogP contribution in [0.5, 0.6) is 0 Å². The average molecular weight is 475 g/mol. The summed E-state index contributed by atoms with van der Waals surface area (Å²) < 4.78 is 32.6. The van der Waals surface area contributed by atoms with E-state index in [1.165, 1.54) is 4.31 Å². The Kier molecular flexibility index (Phi) is 7.09. The number of rotatable bonds is 5. The molecule has 1 aliphatic rings. The van der Waals surface area contributed by atoms with Gasteiger partial charge in [0.25, 0.3) is 0 Å². The topological polar surface area (TPSA) is 95.8 Å². The van der Waals surface area contributed by atoms with Crippen molar-refractivity contribution < 1.29 is 17.7 Å². The van der Waals surface area contributed by atoms with Gasteiger partial charge in [-0.3, -0.25) is 9.69 Å². The lowest BCUT2D eigenvalue weighted by Crippen LogP contribution is -2.44. The van der Waals surface area contributed by atoms with E-state index in [0.717, 1.165) is 0 Å². The molecule has 8 nitrogen and oxygen atoms in total. The molecule has 1 aromatic carbocycles. The Morgan fingerprint density at radius 2 is 1.93 bits per heavy atom. The summed E-state index contributed by atoms with van der Waals surface area (Å²) in [5.74, 6) is 0.0578. The zero-order valence-corrected chi connectivity index (χ0v) is 19.3. The van der Waals surface area contributed by atoms with Gasteiger partial charge in [0, 0.05) is 31.2 Å². The molecule has 3 rings (SSSR count). The molecular weight excluding hydrogens is 451 g/mol. The molecule has 1 amide bonds. The molecule has 0 unspecified atom stereocenters. The van der Waals surface area contributed by atoms with Gasteiger partial charge in [-0.05, 0) is 45.4 Å². The number of nitrogens with zero attached hydrogens (tertiary/aromatic N) is 3. The van der Waals surface area contributed by atoms with Gasteiger partial charge >= 0.3 is 0 Å². The monoisotopic (exact) mass is 474 g/mol. The normalized spacial score (nSPS) is 17.5. The van der Waals surface area contributed by atoms with E-state index in [1.54, 1.807) is 39.0 Å². The standard InChI is InChI=1S/C19H24Cl2N4O4S/c1-12-18(14(3)29-23-12)30(27,28)25-8-4-7-24(9-10-25)13(2)19(26)22-17-6-5-15(20)11-16(17)21/h5-6,11,13H,4,7-10H2,1-3H3,(H,22,26)/t13-/m1/s1. The van der Waals surface area contributed by atoms with Crippen LogP contribution < -0.4 is 5.32 Å². The molecule has 1 fully saturated rings. The number of sulfonamides is 1. The molecule has 2 aromatic rings. The summed E-state index contributed by atoms with van der Waals surface area (Å²) >= 11 is 12.0. The van der Waals surface area contributed by atoms with E-state index in [-0.39, 0.29) is 23.1 Å². The lowest BCUT2D eigenvalue weighted by atomic mass is 10.2. The molecule has 1 aromatic heterocycles. The van der Waals surface area contributed by atoms with Crippen LogP contribution in [-0.4, -0.2) is 60.9 Å². The highest BCUT2D eigenvalue weighted by Crippen LogP contribution is 2.27.